The van der Waals surface area contributed by atoms with E-state index in [1.807, 2.05) is 0 Å². The SMILES string of the molecule is Cn1c(N2CCN(CCCNc3ccc([N+](=O)[O-])cc3Cl)CC2)cc(=O)n(C)c1=O. The predicted octanol–water partition coefficient (Wildman–Crippen LogP) is 1.27. The Hall–Kier alpha value is -2.85. The molecule has 0 unspecified atom stereocenters. The maximum absolute atomic E-state index is 12.1. The fourth-order valence-electron chi connectivity index (χ4n) is 3.51. The van der Waals surface area contributed by atoms with Crippen molar-refractivity contribution in [2.75, 3.05) is 49.5 Å². The Kier molecular flexibility index (Phi) is 6.78. The van der Waals surface area contributed by atoms with E-state index in [4.69, 9.17) is 11.6 Å². The van der Waals surface area contributed by atoms with Crippen LogP contribution in [0.2, 0.25) is 5.02 Å². The molecule has 0 bridgehead atoms. The molecule has 10 nitrogen and oxygen atoms in total. The van der Waals surface area contributed by atoms with Crippen molar-refractivity contribution in [3.05, 3.63) is 60.2 Å². The van der Waals surface area contributed by atoms with Crippen molar-refractivity contribution in [2.24, 2.45) is 14.1 Å². The maximum atomic E-state index is 12.1. The smallest absolute Gasteiger partial charge is 0.332 e. The second kappa shape index (κ2) is 9.31. The molecule has 0 atom stereocenters. The second-order valence-electron chi connectivity index (χ2n) is 7.27. The highest BCUT2D eigenvalue weighted by molar-refractivity contribution is 6.33. The molecular formula is C19H25ClN6O4. The number of piperazine rings is 1. The molecule has 0 radical (unpaired) electrons. The largest absolute Gasteiger partial charge is 0.384 e. The zero-order chi connectivity index (χ0) is 21.8. The topological polar surface area (TPSA) is 106 Å². The third kappa shape index (κ3) is 4.82. The summed E-state index contributed by atoms with van der Waals surface area (Å²) in [6.07, 6.45) is 0.887. The van der Waals surface area contributed by atoms with E-state index in [9.17, 15) is 19.7 Å². The fraction of sp³-hybridized carbons (Fsp3) is 0.474. The molecule has 3 rings (SSSR count). The Labute approximate surface area is 178 Å². The molecule has 2 aromatic rings. The first kappa shape index (κ1) is 21.8. The van der Waals surface area contributed by atoms with Crippen molar-refractivity contribution in [3.63, 3.8) is 0 Å². The van der Waals surface area contributed by atoms with Gasteiger partial charge in [0.2, 0.25) is 0 Å². The van der Waals surface area contributed by atoms with Crippen molar-refractivity contribution in [2.45, 2.75) is 6.42 Å². The van der Waals surface area contributed by atoms with Crippen molar-refractivity contribution < 1.29 is 4.92 Å². The number of benzene rings is 1. The minimum Gasteiger partial charge on any atom is -0.384 e. The summed E-state index contributed by atoms with van der Waals surface area (Å²) >= 11 is 6.09. The monoisotopic (exact) mass is 436 g/mol. The summed E-state index contributed by atoms with van der Waals surface area (Å²) in [6.45, 7) is 4.73. The maximum Gasteiger partial charge on any atom is 0.332 e. The third-order valence-corrected chi connectivity index (χ3v) is 5.64. The average molecular weight is 437 g/mol. The van der Waals surface area contributed by atoms with Gasteiger partial charge in [0.25, 0.3) is 11.2 Å². The summed E-state index contributed by atoms with van der Waals surface area (Å²) < 4.78 is 2.61. The number of non-ortho nitro benzene ring substituents is 1. The van der Waals surface area contributed by atoms with E-state index in [0.717, 1.165) is 43.7 Å². The normalized spacial score (nSPS) is 14.7. The Balaban J connectivity index is 1.46. The van der Waals surface area contributed by atoms with Crippen LogP contribution in [-0.2, 0) is 14.1 Å². The molecule has 1 aromatic heterocycles. The minimum atomic E-state index is -0.472. The summed E-state index contributed by atoms with van der Waals surface area (Å²) in [6, 6.07) is 5.90. The van der Waals surface area contributed by atoms with Gasteiger partial charge >= 0.3 is 5.69 Å². The van der Waals surface area contributed by atoms with Gasteiger partial charge in [0.15, 0.2) is 0 Å². The Morgan fingerprint density at radius 1 is 1.10 bits per heavy atom. The highest BCUT2D eigenvalue weighted by atomic mass is 35.5. The molecule has 0 spiro atoms. The Bertz CT molecular complexity index is 1040. The summed E-state index contributed by atoms with van der Waals surface area (Å²) in [5, 5.41) is 14.3. The van der Waals surface area contributed by atoms with E-state index in [1.54, 1.807) is 13.1 Å². The molecule has 162 valence electrons. The molecule has 1 aromatic carbocycles. The molecule has 1 N–H and O–H groups in total. The lowest BCUT2D eigenvalue weighted by molar-refractivity contribution is -0.384. The third-order valence-electron chi connectivity index (χ3n) is 5.33. The summed E-state index contributed by atoms with van der Waals surface area (Å²) in [5.41, 5.74) is 0.0262. The van der Waals surface area contributed by atoms with Crippen LogP contribution in [0.25, 0.3) is 0 Å². The van der Waals surface area contributed by atoms with Crippen LogP contribution >= 0.6 is 11.6 Å². The van der Waals surface area contributed by atoms with E-state index in [-0.39, 0.29) is 16.9 Å². The van der Waals surface area contributed by atoms with Crippen molar-refractivity contribution in [1.82, 2.24) is 14.0 Å². The van der Waals surface area contributed by atoms with Crippen LogP contribution in [0.1, 0.15) is 6.42 Å². The number of nitro benzene ring substituents is 1. The van der Waals surface area contributed by atoms with Crippen molar-refractivity contribution >= 4 is 28.8 Å². The molecule has 1 aliphatic heterocycles. The molecule has 1 fully saturated rings. The molecule has 1 aliphatic rings. The standard InChI is InChI=1S/C19H25ClN6O4/c1-22-17(13-18(27)23(2)19(22)28)25-10-8-24(9-11-25)7-3-6-21-16-5-4-14(26(29)30)12-15(16)20/h4-5,12-13,21H,3,6-11H2,1-2H3. The number of hydrogen-bond donors (Lipinski definition) is 1. The molecule has 1 saturated heterocycles. The number of rotatable bonds is 7. The van der Waals surface area contributed by atoms with Gasteiger partial charge < -0.3 is 10.2 Å². The molecule has 0 amide bonds. The molecule has 0 aliphatic carbocycles. The van der Waals surface area contributed by atoms with Gasteiger partial charge in [-0.25, -0.2) is 4.79 Å². The quantitative estimate of drug-likeness (QED) is 0.395. The van der Waals surface area contributed by atoms with Gasteiger partial charge in [-0.3, -0.25) is 28.9 Å². The lowest BCUT2D eigenvalue weighted by atomic mass is 10.2. The Morgan fingerprint density at radius 2 is 1.80 bits per heavy atom. The van der Waals surface area contributed by atoms with E-state index < -0.39 is 4.92 Å². The fourth-order valence-corrected chi connectivity index (χ4v) is 3.75. The van der Waals surface area contributed by atoms with Crippen LogP contribution < -0.4 is 21.5 Å². The number of hydrogen-bond acceptors (Lipinski definition) is 7. The van der Waals surface area contributed by atoms with Crippen LogP contribution in [0.5, 0.6) is 0 Å². The van der Waals surface area contributed by atoms with Crippen LogP contribution in [0.15, 0.2) is 33.9 Å². The average Bonchev–Trinajstić information content (AvgIpc) is 2.73. The highest BCUT2D eigenvalue weighted by Gasteiger charge is 2.20. The van der Waals surface area contributed by atoms with Gasteiger partial charge in [0, 0.05) is 65.0 Å². The number of nitro groups is 1. The molecule has 30 heavy (non-hydrogen) atoms. The molecule has 2 heterocycles. The van der Waals surface area contributed by atoms with Gasteiger partial charge in [-0.2, -0.15) is 0 Å². The van der Waals surface area contributed by atoms with Crippen LogP contribution in [0, 0.1) is 10.1 Å². The van der Waals surface area contributed by atoms with Crippen LogP contribution in [0.4, 0.5) is 17.2 Å². The number of nitrogens with zero attached hydrogens (tertiary/aromatic N) is 5. The second-order valence-corrected chi connectivity index (χ2v) is 7.68. The van der Waals surface area contributed by atoms with Crippen LogP contribution in [0.3, 0.4) is 0 Å². The van der Waals surface area contributed by atoms with Gasteiger partial charge in [0.1, 0.15) is 5.82 Å². The lowest BCUT2D eigenvalue weighted by Crippen LogP contribution is -2.49. The summed E-state index contributed by atoms with van der Waals surface area (Å²) in [4.78, 5) is 38.8. The first-order valence-corrected chi connectivity index (χ1v) is 10.1. The van der Waals surface area contributed by atoms with Gasteiger partial charge in [-0.05, 0) is 19.0 Å². The number of aromatic nitrogens is 2. The van der Waals surface area contributed by atoms with E-state index in [0.29, 0.717) is 23.1 Å². The minimum absolute atomic E-state index is 0.0304. The van der Waals surface area contributed by atoms with Crippen LogP contribution in [-0.4, -0.2) is 58.2 Å². The van der Waals surface area contributed by atoms with E-state index in [2.05, 4.69) is 15.1 Å². The number of anilines is 2. The highest BCUT2D eigenvalue weighted by Crippen LogP contribution is 2.26. The summed E-state index contributed by atoms with van der Waals surface area (Å²) in [5.74, 6) is 0.650. The number of halogens is 1. The van der Waals surface area contributed by atoms with E-state index in [1.165, 1.54) is 29.8 Å². The first-order valence-electron chi connectivity index (χ1n) is 9.70. The zero-order valence-corrected chi connectivity index (χ0v) is 17.8. The van der Waals surface area contributed by atoms with Crippen molar-refractivity contribution in [1.29, 1.82) is 0 Å². The molecular weight excluding hydrogens is 412 g/mol. The van der Waals surface area contributed by atoms with Gasteiger partial charge in [-0.1, -0.05) is 11.6 Å². The lowest BCUT2D eigenvalue weighted by Gasteiger charge is -2.36. The Morgan fingerprint density at radius 3 is 2.43 bits per heavy atom. The van der Waals surface area contributed by atoms with Crippen molar-refractivity contribution in [3.8, 4) is 0 Å². The zero-order valence-electron chi connectivity index (χ0n) is 17.0. The molecule has 0 saturated carbocycles. The van der Waals surface area contributed by atoms with Gasteiger partial charge in [0.05, 0.1) is 15.6 Å². The number of nitrogens with one attached hydrogen (secondary N) is 1. The van der Waals surface area contributed by atoms with Gasteiger partial charge in [-0.15, -0.1) is 0 Å². The first-order chi connectivity index (χ1) is 14.3. The predicted molar refractivity (Wildman–Crippen MR) is 117 cm³/mol. The summed E-state index contributed by atoms with van der Waals surface area (Å²) in [7, 11) is 3.16. The molecule has 11 heteroatoms. The van der Waals surface area contributed by atoms with E-state index >= 15 is 0 Å².